The van der Waals surface area contributed by atoms with E-state index < -0.39 is 0 Å². The lowest BCUT2D eigenvalue weighted by Crippen LogP contribution is -1.93. The lowest BCUT2D eigenvalue weighted by molar-refractivity contribution is 0.545. The first-order chi connectivity index (χ1) is 8.29. The average molecular weight is 227 g/mol. The molecule has 1 aromatic rings. The van der Waals surface area contributed by atoms with Crippen molar-refractivity contribution >= 4 is 18.5 Å². The summed E-state index contributed by atoms with van der Waals surface area (Å²) < 4.78 is 0. The van der Waals surface area contributed by atoms with Crippen LogP contribution >= 0.6 is 0 Å². The van der Waals surface area contributed by atoms with Gasteiger partial charge in [-0.3, -0.25) is 4.99 Å². The fourth-order valence-corrected chi connectivity index (χ4v) is 2.75. The number of nitrogens with zero attached hydrogens (tertiary/aromatic N) is 1. The van der Waals surface area contributed by atoms with Gasteiger partial charge >= 0.3 is 0 Å². The van der Waals surface area contributed by atoms with Gasteiger partial charge in [-0.1, -0.05) is 55.5 Å². The number of hydrogen-bond donors (Lipinski definition) is 0. The molecule has 1 aliphatic carbocycles. The van der Waals surface area contributed by atoms with Crippen LogP contribution < -0.4 is 0 Å². The van der Waals surface area contributed by atoms with Crippen LogP contribution in [0, 0.1) is 5.92 Å². The molecule has 0 spiro atoms. The molecule has 0 heterocycles. The van der Waals surface area contributed by atoms with Crippen LogP contribution in [0.25, 0.3) is 6.08 Å². The van der Waals surface area contributed by atoms with Crippen molar-refractivity contribution in [3.63, 3.8) is 0 Å². The summed E-state index contributed by atoms with van der Waals surface area (Å²) in [4.78, 5) is 4.06. The van der Waals surface area contributed by atoms with Gasteiger partial charge in [-0.25, -0.2) is 0 Å². The first-order valence-electron chi connectivity index (χ1n) is 6.52. The van der Waals surface area contributed by atoms with E-state index in [1.54, 1.807) is 0 Å². The Labute approximate surface area is 104 Å². The topological polar surface area (TPSA) is 12.4 Å². The summed E-state index contributed by atoms with van der Waals surface area (Å²) in [7, 11) is 0. The Morgan fingerprint density at radius 2 is 2.06 bits per heavy atom. The fraction of sp³-hybridized carbons (Fsp3) is 0.438. The molecule has 1 fully saturated rings. The predicted octanol–water partition coefficient (Wildman–Crippen LogP) is 5.00. The molecule has 1 nitrogen and oxygen atoms in total. The van der Waals surface area contributed by atoms with E-state index in [9.17, 15) is 0 Å². The smallest absolute Gasteiger partial charge is 0.0694 e. The molecule has 90 valence electrons. The van der Waals surface area contributed by atoms with E-state index in [2.05, 4.69) is 36.8 Å². The second kappa shape index (κ2) is 5.81. The molecular formula is C16H21N. The third kappa shape index (κ3) is 3.29. The van der Waals surface area contributed by atoms with Gasteiger partial charge in [-0.2, -0.15) is 0 Å². The first-order valence-corrected chi connectivity index (χ1v) is 6.52. The summed E-state index contributed by atoms with van der Waals surface area (Å²) >= 11 is 0. The highest BCUT2D eigenvalue weighted by Crippen LogP contribution is 2.31. The number of aliphatic imine (C=N–C) groups is 1. The monoisotopic (exact) mass is 227 g/mol. The Kier molecular flexibility index (Phi) is 4.13. The van der Waals surface area contributed by atoms with E-state index in [1.807, 2.05) is 12.1 Å². The summed E-state index contributed by atoms with van der Waals surface area (Å²) in [6, 6.07) is 8.20. The largest absolute Gasteiger partial charge is 0.264 e. The van der Waals surface area contributed by atoms with Gasteiger partial charge in [0, 0.05) is 5.56 Å². The SMILES string of the molecule is C=Nc1ccccc1/C=C(/C)CC1CCCC1. The summed E-state index contributed by atoms with van der Waals surface area (Å²) in [6.45, 7) is 5.86. The maximum absolute atomic E-state index is 4.06. The Morgan fingerprint density at radius 3 is 2.76 bits per heavy atom. The van der Waals surface area contributed by atoms with E-state index in [-0.39, 0.29) is 0 Å². The number of benzene rings is 1. The molecular weight excluding hydrogens is 206 g/mol. The van der Waals surface area contributed by atoms with Gasteiger partial charge in [0.2, 0.25) is 0 Å². The molecule has 17 heavy (non-hydrogen) atoms. The molecule has 0 aromatic heterocycles. The summed E-state index contributed by atoms with van der Waals surface area (Å²) in [5.41, 5.74) is 3.64. The van der Waals surface area contributed by atoms with Crippen LogP contribution in [0.1, 0.15) is 44.6 Å². The summed E-state index contributed by atoms with van der Waals surface area (Å²) in [5.74, 6) is 0.912. The minimum Gasteiger partial charge on any atom is -0.264 e. The number of rotatable bonds is 4. The van der Waals surface area contributed by atoms with Gasteiger partial charge < -0.3 is 0 Å². The molecule has 0 radical (unpaired) electrons. The van der Waals surface area contributed by atoms with Crippen molar-refractivity contribution in [2.75, 3.05) is 0 Å². The molecule has 0 aliphatic heterocycles. The van der Waals surface area contributed by atoms with Crippen LogP contribution in [0.3, 0.4) is 0 Å². The minimum atomic E-state index is 0.912. The molecule has 0 saturated heterocycles. The standard InChI is InChI=1S/C16H21N/c1-13(11-14-7-3-4-8-14)12-15-9-5-6-10-16(15)17-2/h5-6,9-10,12,14H,2-4,7-8,11H2,1H3/b13-12-. The molecule has 2 rings (SSSR count). The minimum absolute atomic E-state index is 0.912. The molecule has 0 atom stereocenters. The Hall–Kier alpha value is -1.37. The van der Waals surface area contributed by atoms with Gasteiger partial charge in [0.1, 0.15) is 0 Å². The van der Waals surface area contributed by atoms with E-state index >= 15 is 0 Å². The van der Waals surface area contributed by atoms with Crippen molar-refractivity contribution in [1.29, 1.82) is 0 Å². The fourth-order valence-electron chi connectivity index (χ4n) is 2.75. The van der Waals surface area contributed by atoms with Crippen molar-refractivity contribution in [3.8, 4) is 0 Å². The molecule has 0 amide bonds. The van der Waals surface area contributed by atoms with Crippen molar-refractivity contribution in [2.45, 2.75) is 39.0 Å². The Balaban J connectivity index is 2.08. The highest BCUT2D eigenvalue weighted by molar-refractivity contribution is 5.67. The maximum atomic E-state index is 4.06. The van der Waals surface area contributed by atoms with Gasteiger partial charge in [0.25, 0.3) is 0 Å². The van der Waals surface area contributed by atoms with Crippen molar-refractivity contribution in [2.24, 2.45) is 10.9 Å². The van der Waals surface area contributed by atoms with Crippen molar-refractivity contribution in [1.82, 2.24) is 0 Å². The van der Waals surface area contributed by atoms with Crippen molar-refractivity contribution in [3.05, 3.63) is 35.4 Å². The molecule has 1 aliphatic rings. The van der Waals surface area contributed by atoms with Gasteiger partial charge in [0.15, 0.2) is 0 Å². The van der Waals surface area contributed by atoms with E-state index in [4.69, 9.17) is 0 Å². The predicted molar refractivity (Wildman–Crippen MR) is 75.9 cm³/mol. The van der Waals surface area contributed by atoms with Crippen LogP contribution in [-0.2, 0) is 0 Å². The lowest BCUT2D eigenvalue weighted by atomic mass is 9.97. The molecule has 0 bridgehead atoms. The highest BCUT2D eigenvalue weighted by Gasteiger charge is 2.14. The zero-order valence-corrected chi connectivity index (χ0v) is 10.7. The number of hydrogen-bond acceptors (Lipinski definition) is 1. The molecule has 1 saturated carbocycles. The number of allylic oxidation sites excluding steroid dienone is 1. The number of para-hydroxylation sites is 1. The van der Waals surface area contributed by atoms with Crippen LogP contribution in [0.2, 0.25) is 0 Å². The Morgan fingerprint density at radius 1 is 1.35 bits per heavy atom. The second-order valence-corrected chi connectivity index (χ2v) is 5.06. The van der Waals surface area contributed by atoms with E-state index in [0.29, 0.717) is 0 Å². The van der Waals surface area contributed by atoms with Crippen LogP contribution in [0.15, 0.2) is 34.8 Å². The maximum Gasteiger partial charge on any atom is 0.0694 e. The van der Waals surface area contributed by atoms with Crippen LogP contribution in [0.4, 0.5) is 5.69 Å². The normalized spacial score (nSPS) is 17.4. The zero-order valence-electron chi connectivity index (χ0n) is 10.7. The van der Waals surface area contributed by atoms with Crippen LogP contribution in [-0.4, -0.2) is 6.72 Å². The third-order valence-electron chi connectivity index (χ3n) is 3.59. The lowest BCUT2D eigenvalue weighted by Gasteiger charge is -2.09. The third-order valence-corrected chi connectivity index (χ3v) is 3.59. The summed E-state index contributed by atoms with van der Waals surface area (Å²) in [5, 5.41) is 0. The highest BCUT2D eigenvalue weighted by atomic mass is 14.7. The van der Waals surface area contributed by atoms with Gasteiger partial charge in [-0.15, -0.1) is 0 Å². The molecule has 1 heteroatoms. The molecule has 1 aromatic carbocycles. The Bertz CT molecular complexity index is 411. The van der Waals surface area contributed by atoms with E-state index in [1.165, 1.54) is 43.2 Å². The summed E-state index contributed by atoms with van der Waals surface area (Å²) in [6.07, 6.45) is 9.17. The average Bonchev–Trinajstić information content (AvgIpc) is 2.82. The van der Waals surface area contributed by atoms with Crippen molar-refractivity contribution < 1.29 is 0 Å². The van der Waals surface area contributed by atoms with Crippen LogP contribution in [0.5, 0.6) is 0 Å². The first kappa shape index (κ1) is 12.1. The zero-order chi connectivity index (χ0) is 12.1. The quantitative estimate of drug-likeness (QED) is 0.642. The van der Waals surface area contributed by atoms with Gasteiger partial charge in [-0.05, 0) is 32.0 Å². The second-order valence-electron chi connectivity index (χ2n) is 5.06. The molecule has 0 N–H and O–H groups in total. The molecule has 0 unspecified atom stereocenters. The van der Waals surface area contributed by atoms with E-state index in [0.717, 1.165) is 11.6 Å². The van der Waals surface area contributed by atoms with Gasteiger partial charge in [0.05, 0.1) is 5.69 Å².